The van der Waals surface area contributed by atoms with Crippen LogP contribution in [0.3, 0.4) is 0 Å². The summed E-state index contributed by atoms with van der Waals surface area (Å²) in [6.45, 7) is 4.05. The lowest BCUT2D eigenvalue weighted by Gasteiger charge is -2.38. The van der Waals surface area contributed by atoms with Crippen LogP contribution in [-0.4, -0.2) is 65.5 Å². The molecule has 2 aliphatic rings. The number of alkyl halides is 3. The van der Waals surface area contributed by atoms with E-state index in [2.05, 4.69) is 45.5 Å². The second-order valence-corrected chi connectivity index (χ2v) is 11.2. The molecule has 6 rings (SSSR count). The van der Waals surface area contributed by atoms with Crippen LogP contribution >= 0.6 is 0 Å². The number of amides is 1. The van der Waals surface area contributed by atoms with Crippen LogP contribution in [0.1, 0.15) is 23.1 Å². The lowest BCUT2D eigenvalue weighted by atomic mass is 10.1. The normalized spacial score (nSPS) is 19.9. The van der Waals surface area contributed by atoms with Gasteiger partial charge in [0, 0.05) is 69.9 Å². The number of piperazine rings is 1. The predicted molar refractivity (Wildman–Crippen MR) is 158 cm³/mol. The van der Waals surface area contributed by atoms with Crippen molar-refractivity contribution in [3.05, 3.63) is 108 Å². The van der Waals surface area contributed by atoms with Crippen molar-refractivity contribution in [1.82, 2.24) is 20.1 Å². The Kier molecular flexibility index (Phi) is 8.13. The minimum Gasteiger partial charge on any atom is -0.368 e. The lowest BCUT2D eigenvalue weighted by Crippen LogP contribution is -2.53. The molecule has 1 aromatic heterocycles. The first-order chi connectivity index (χ1) is 20.3. The van der Waals surface area contributed by atoms with E-state index in [0.29, 0.717) is 44.8 Å². The first kappa shape index (κ1) is 28.2. The Morgan fingerprint density at radius 2 is 1.62 bits per heavy atom. The molecule has 0 saturated carbocycles. The number of carbonyl (C=O) groups is 1. The first-order valence-electron chi connectivity index (χ1n) is 14.4. The van der Waals surface area contributed by atoms with Gasteiger partial charge >= 0.3 is 6.18 Å². The molecule has 9 heteroatoms. The van der Waals surface area contributed by atoms with E-state index in [9.17, 15) is 18.0 Å². The fourth-order valence-electron chi connectivity index (χ4n) is 6.09. The lowest BCUT2D eigenvalue weighted by molar-refractivity contribution is -0.137. The minimum absolute atomic E-state index is 0.0859. The van der Waals surface area contributed by atoms with Crippen LogP contribution in [0.4, 0.5) is 18.9 Å². The monoisotopic (exact) mass is 573 g/mol. The second kappa shape index (κ2) is 12.1. The third kappa shape index (κ3) is 6.42. The van der Waals surface area contributed by atoms with E-state index in [1.807, 2.05) is 34.1 Å². The molecular formula is C33H34F3N5O. The molecule has 2 saturated heterocycles. The fraction of sp³-hybridized carbons (Fsp3) is 0.333. The van der Waals surface area contributed by atoms with Crippen LogP contribution < -0.4 is 10.2 Å². The molecule has 1 amide bonds. The van der Waals surface area contributed by atoms with Gasteiger partial charge in [-0.3, -0.25) is 14.7 Å². The Morgan fingerprint density at radius 1 is 0.857 bits per heavy atom. The van der Waals surface area contributed by atoms with Gasteiger partial charge in [-0.1, -0.05) is 42.5 Å². The van der Waals surface area contributed by atoms with Crippen molar-refractivity contribution in [3.8, 4) is 0 Å². The van der Waals surface area contributed by atoms with Crippen molar-refractivity contribution < 1.29 is 18.0 Å². The summed E-state index contributed by atoms with van der Waals surface area (Å²) < 4.78 is 39.7. The highest BCUT2D eigenvalue weighted by Gasteiger charge is 2.39. The third-order valence-corrected chi connectivity index (χ3v) is 8.36. The summed E-state index contributed by atoms with van der Waals surface area (Å²) in [6.07, 6.45) is -0.145. The number of fused-ring (bicyclic) bond motifs is 1. The smallest absolute Gasteiger partial charge is 0.368 e. The number of aromatic nitrogens is 1. The van der Waals surface area contributed by atoms with Crippen molar-refractivity contribution in [2.24, 2.45) is 0 Å². The van der Waals surface area contributed by atoms with Gasteiger partial charge in [0.15, 0.2) is 0 Å². The Balaban J connectivity index is 1.11. The van der Waals surface area contributed by atoms with Gasteiger partial charge in [0.05, 0.1) is 11.6 Å². The average Bonchev–Trinajstić information content (AvgIpc) is 3.42. The van der Waals surface area contributed by atoms with Gasteiger partial charge in [-0.05, 0) is 64.7 Å². The summed E-state index contributed by atoms with van der Waals surface area (Å²) in [7, 11) is 0. The van der Waals surface area contributed by atoms with E-state index in [1.165, 1.54) is 28.5 Å². The van der Waals surface area contributed by atoms with E-state index in [-0.39, 0.29) is 18.0 Å². The number of anilines is 1. The number of benzene rings is 3. The number of carbonyl (C=O) groups excluding carboxylic acids is 1. The molecule has 3 aromatic carbocycles. The standard InChI is InChI=1S/C33H34F3N5O/c34-33(35,36)28-6-3-7-30(19-28)39-14-16-40(17-15-39)32(42)31-20-29(23-41(31)22-24-10-12-37-13-11-24)38-21-25-8-9-26-4-1-2-5-27(26)18-25/h1-13,18-19,29,31,38H,14-17,20-23H2/t29-,31+/m1/s1. The van der Waals surface area contributed by atoms with Crippen LogP contribution in [0.5, 0.6) is 0 Å². The maximum Gasteiger partial charge on any atom is 0.416 e. The van der Waals surface area contributed by atoms with Crippen LogP contribution in [0.2, 0.25) is 0 Å². The number of pyridine rings is 1. The number of halogens is 3. The SMILES string of the molecule is O=C([C@@H]1C[C@@H](NCc2ccc3ccccc3c2)CN1Cc1ccncc1)N1CCN(c2cccc(C(F)(F)F)c2)CC1. The third-order valence-electron chi connectivity index (χ3n) is 8.36. The average molecular weight is 574 g/mol. The van der Waals surface area contributed by atoms with E-state index in [1.54, 1.807) is 18.5 Å². The molecule has 42 heavy (non-hydrogen) atoms. The van der Waals surface area contributed by atoms with Crippen molar-refractivity contribution in [3.63, 3.8) is 0 Å². The molecule has 6 nitrogen and oxygen atoms in total. The van der Waals surface area contributed by atoms with Crippen LogP contribution in [0, 0.1) is 0 Å². The van der Waals surface area contributed by atoms with Gasteiger partial charge in [-0.15, -0.1) is 0 Å². The summed E-state index contributed by atoms with van der Waals surface area (Å²) in [4.78, 5) is 24.0. The first-order valence-corrected chi connectivity index (χ1v) is 14.4. The van der Waals surface area contributed by atoms with E-state index in [0.717, 1.165) is 24.7 Å². The van der Waals surface area contributed by atoms with Crippen molar-refractivity contribution >= 4 is 22.4 Å². The largest absolute Gasteiger partial charge is 0.416 e. The Hall–Kier alpha value is -3.95. The van der Waals surface area contributed by atoms with E-state index >= 15 is 0 Å². The minimum atomic E-state index is -4.38. The topological polar surface area (TPSA) is 51.7 Å². The summed E-state index contributed by atoms with van der Waals surface area (Å²) in [5.74, 6) is 0.0859. The Labute approximate surface area is 243 Å². The van der Waals surface area contributed by atoms with Crippen molar-refractivity contribution in [2.45, 2.75) is 37.8 Å². The highest BCUT2D eigenvalue weighted by Crippen LogP contribution is 2.32. The van der Waals surface area contributed by atoms with Gasteiger partial charge in [-0.25, -0.2) is 0 Å². The van der Waals surface area contributed by atoms with Crippen molar-refractivity contribution in [2.75, 3.05) is 37.6 Å². The number of nitrogens with one attached hydrogen (secondary N) is 1. The number of rotatable bonds is 7. The molecular weight excluding hydrogens is 539 g/mol. The summed E-state index contributed by atoms with van der Waals surface area (Å²) in [5, 5.41) is 6.11. The van der Waals surface area contributed by atoms with Crippen molar-refractivity contribution in [1.29, 1.82) is 0 Å². The molecule has 1 N–H and O–H groups in total. The maximum atomic E-state index is 13.9. The zero-order valence-electron chi connectivity index (χ0n) is 23.3. The van der Waals surface area contributed by atoms with Gasteiger partial charge in [-0.2, -0.15) is 13.2 Å². The molecule has 2 fully saturated rings. The summed E-state index contributed by atoms with van der Waals surface area (Å²) >= 11 is 0. The predicted octanol–water partition coefficient (Wildman–Crippen LogP) is 5.34. The number of nitrogens with zero attached hydrogens (tertiary/aromatic N) is 4. The molecule has 0 unspecified atom stereocenters. The number of hydrogen-bond donors (Lipinski definition) is 1. The number of likely N-dealkylation sites (tertiary alicyclic amines) is 1. The molecule has 218 valence electrons. The van der Waals surface area contributed by atoms with Gasteiger partial charge in [0.1, 0.15) is 0 Å². The zero-order valence-corrected chi connectivity index (χ0v) is 23.3. The highest BCUT2D eigenvalue weighted by atomic mass is 19.4. The van der Waals surface area contributed by atoms with E-state index < -0.39 is 11.7 Å². The molecule has 2 aliphatic heterocycles. The Morgan fingerprint density at radius 3 is 2.38 bits per heavy atom. The number of hydrogen-bond acceptors (Lipinski definition) is 5. The molecule has 0 radical (unpaired) electrons. The quantitative estimate of drug-likeness (QED) is 0.324. The zero-order chi connectivity index (χ0) is 29.1. The molecule has 4 aromatic rings. The van der Waals surface area contributed by atoms with Gasteiger partial charge < -0.3 is 15.1 Å². The molecule has 0 bridgehead atoms. The fourth-order valence-corrected chi connectivity index (χ4v) is 6.09. The highest BCUT2D eigenvalue weighted by molar-refractivity contribution is 5.83. The molecule has 0 spiro atoms. The Bertz CT molecular complexity index is 1520. The maximum absolute atomic E-state index is 13.9. The summed E-state index contributed by atoms with van der Waals surface area (Å²) in [6, 6.07) is 24.1. The van der Waals surface area contributed by atoms with Crippen LogP contribution in [0.15, 0.2) is 91.3 Å². The molecule has 2 atom stereocenters. The van der Waals surface area contributed by atoms with Crippen LogP contribution in [-0.2, 0) is 24.1 Å². The van der Waals surface area contributed by atoms with E-state index in [4.69, 9.17) is 0 Å². The summed E-state index contributed by atoms with van der Waals surface area (Å²) in [5.41, 5.74) is 2.19. The molecule has 3 heterocycles. The second-order valence-electron chi connectivity index (χ2n) is 11.2. The van der Waals surface area contributed by atoms with Crippen LogP contribution in [0.25, 0.3) is 10.8 Å². The molecule has 0 aliphatic carbocycles. The van der Waals surface area contributed by atoms with Gasteiger partial charge in [0.2, 0.25) is 5.91 Å². The van der Waals surface area contributed by atoms with Gasteiger partial charge in [0.25, 0.3) is 0 Å².